The lowest BCUT2D eigenvalue weighted by molar-refractivity contribution is -0.162. The van der Waals surface area contributed by atoms with Gasteiger partial charge in [-0.1, -0.05) is 74.4 Å². The molecule has 7 atom stereocenters. The minimum absolute atomic E-state index is 0.0505. The van der Waals surface area contributed by atoms with E-state index in [0.29, 0.717) is 50.9 Å². The van der Waals surface area contributed by atoms with E-state index in [1.807, 2.05) is 42.5 Å². The van der Waals surface area contributed by atoms with Crippen molar-refractivity contribution in [2.45, 2.75) is 88.2 Å². The van der Waals surface area contributed by atoms with Gasteiger partial charge in [-0.25, -0.2) is 0 Å². The fraction of sp³-hybridized carbons (Fsp3) is 0.611. The highest BCUT2D eigenvalue weighted by atomic mass is 16.6. The van der Waals surface area contributed by atoms with Crippen molar-refractivity contribution >= 4 is 23.7 Å². The monoisotopic (exact) mass is 651 g/mol. The van der Waals surface area contributed by atoms with Crippen molar-refractivity contribution < 1.29 is 38.5 Å². The van der Waals surface area contributed by atoms with Crippen LogP contribution in [0.3, 0.4) is 0 Å². The highest BCUT2D eigenvalue weighted by Crippen LogP contribution is 2.53. The van der Waals surface area contributed by atoms with Crippen molar-refractivity contribution in [1.82, 2.24) is 15.1 Å². The summed E-state index contributed by atoms with van der Waals surface area (Å²) in [6.07, 6.45) is 10.9. The van der Waals surface area contributed by atoms with Crippen LogP contribution >= 0.6 is 0 Å². The molecule has 3 amide bonds. The Kier molecular flexibility index (Phi) is 11.9. The minimum Gasteiger partial charge on any atom is -0.455 e. The molecule has 4 aliphatic heterocycles. The van der Waals surface area contributed by atoms with Crippen LogP contribution in [0.25, 0.3) is 0 Å². The number of cyclic esters (lactones) is 1. The van der Waals surface area contributed by atoms with E-state index in [9.17, 15) is 24.3 Å². The summed E-state index contributed by atoms with van der Waals surface area (Å²) < 4.78 is 18.5. The van der Waals surface area contributed by atoms with Gasteiger partial charge in [-0.2, -0.15) is 0 Å². The van der Waals surface area contributed by atoms with Crippen LogP contribution in [0.1, 0.15) is 70.0 Å². The number of nitrogens with one attached hydrogen (secondary N) is 1. The number of amides is 3. The average molecular weight is 652 g/mol. The number of hydrogen-bond donors (Lipinski definition) is 2. The summed E-state index contributed by atoms with van der Waals surface area (Å²) in [7, 11) is 1.52. The van der Waals surface area contributed by atoms with Gasteiger partial charge in [0.25, 0.3) is 0 Å². The summed E-state index contributed by atoms with van der Waals surface area (Å²) in [6.45, 7) is 3.52. The van der Waals surface area contributed by atoms with Gasteiger partial charge >= 0.3 is 5.97 Å². The Labute approximate surface area is 277 Å². The quantitative estimate of drug-likeness (QED) is 0.200. The predicted molar refractivity (Wildman–Crippen MR) is 174 cm³/mol. The number of aliphatic hydroxyl groups excluding tert-OH is 1. The molecule has 1 aromatic carbocycles. The number of rotatable bonds is 12. The number of allylic oxidation sites excluding steroid dienone is 1. The summed E-state index contributed by atoms with van der Waals surface area (Å²) in [4.78, 5) is 59.8. The zero-order chi connectivity index (χ0) is 33.4. The van der Waals surface area contributed by atoms with Crippen molar-refractivity contribution in [3.05, 3.63) is 60.2 Å². The molecular formula is C36H49N3O8. The van der Waals surface area contributed by atoms with Crippen LogP contribution in [0.4, 0.5) is 0 Å². The number of nitrogens with zero attached hydrogens (tertiary/aromatic N) is 2. The topological polar surface area (TPSA) is 135 Å². The number of methoxy groups -OCH3 is 1. The number of aliphatic hydroxyl groups is 1. The zero-order valence-electron chi connectivity index (χ0n) is 27.6. The van der Waals surface area contributed by atoms with Gasteiger partial charge in [0.05, 0.1) is 24.7 Å². The molecule has 2 saturated heterocycles. The van der Waals surface area contributed by atoms with E-state index < -0.39 is 47.7 Å². The molecule has 47 heavy (non-hydrogen) atoms. The number of esters is 1. The lowest BCUT2D eigenvalue weighted by Gasteiger charge is -2.35. The molecule has 4 aliphatic rings. The fourth-order valence-corrected chi connectivity index (χ4v) is 7.50. The Morgan fingerprint density at radius 1 is 1.00 bits per heavy atom. The SMILES string of the molecule is CCCCCN1CC=C[C@]23O[C@@H]4/C=C\CCC(=O)N[C@H](COC)[C@@H](c5ccccc5)OC(=O)[C@@H]4[C@H]2C(=O)N(CCCCCO)[C@@H]3C1=O. The molecular weight excluding hydrogens is 602 g/mol. The Bertz CT molecular complexity index is 1320. The van der Waals surface area contributed by atoms with E-state index in [1.165, 1.54) is 7.11 Å². The van der Waals surface area contributed by atoms with E-state index in [-0.39, 0.29) is 37.4 Å². The largest absolute Gasteiger partial charge is 0.455 e. The Morgan fingerprint density at radius 2 is 1.79 bits per heavy atom. The lowest BCUT2D eigenvalue weighted by Crippen LogP contribution is -2.55. The first-order chi connectivity index (χ1) is 22.9. The second-order valence-corrected chi connectivity index (χ2v) is 12.9. The molecule has 0 aliphatic carbocycles. The Morgan fingerprint density at radius 3 is 2.53 bits per heavy atom. The van der Waals surface area contributed by atoms with Crippen LogP contribution in [0.5, 0.6) is 0 Å². The van der Waals surface area contributed by atoms with Crippen LogP contribution in [0.2, 0.25) is 0 Å². The molecule has 2 N–H and O–H groups in total. The number of benzene rings is 1. The third-order valence-corrected chi connectivity index (χ3v) is 9.73. The maximum absolute atomic E-state index is 14.6. The van der Waals surface area contributed by atoms with Gasteiger partial charge in [-0.15, -0.1) is 0 Å². The Hall–Kier alpha value is -3.54. The molecule has 0 unspecified atom stereocenters. The van der Waals surface area contributed by atoms with Gasteiger partial charge in [-0.3, -0.25) is 19.2 Å². The van der Waals surface area contributed by atoms with Crippen molar-refractivity contribution in [3.8, 4) is 0 Å². The predicted octanol–water partition coefficient (Wildman–Crippen LogP) is 3.08. The van der Waals surface area contributed by atoms with E-state index in [4.69, 9.17) is 14.2 Å². The second kappa shape index (κ2) is 16.0. The van der Waals surface area contributed by atoms with Crippen LogP contribution in [0.15, 0.2) is 54.6 Å². The third-order valence-electron chi connectivity index (χ3n) is 9.73. The number of ether oxygens (including phenoxy) is 3. The van der Waals surface area contributed by atoms with Crippen LogP contribution in [0, 0.1) is 11.8 Å². The van der Waals surface area contributed by atoms with Gasteiger partial charge in [0.2, 0.25) is 17.7 Å². The van der Waals surface area contributed by atoms with Crippen molar-refractivity contribution in [3.63, 3.8) is 0 Å². The molecule has 0 aromatic heterocycles. The van der Waals surface area contributed by atoms with Crippen molar-refractivity contribution in [1.29, 1.82) is 0 Å². The van der Waals surface area contributed by atoms with E-state index in [0.717, 1.165) is 19.3 Å². The summed E-state index contributed by atoms with van der Waals surface area (Å²) in [5.41, 5.74) is -0.694. The zero-order valence-corrected chi connectivity index (χ0v) is 27.6. The maximum Gasteiger partial charge on any atom is 0.313 e. The van der Waals surface area contributed by atoms with E-state index in [1.54, 1.807) is 22.0 Å². The molecule has 5 rings (SSSR count). The molecule has 0 radical (unpaired) electrons. The maximum atomic E-state index is 14.6. The number of fused-ring (bicyclic) bond motifs is 2. The average Bonchev–Trinajstić information content (AvgIpc) is 3.45. The van der Waals surface area contributed by atoms with Crippen LogP contribution in [-0.2, 0) is 33.4 Å². The second-order valence-electron chi connectivity index (χ2n) is 12.9. The molecule has 0 bridgehead atoms. The lowest BCUT2D eigenvalue weighted by atomic mass is 9.77. The third kappa shape index (κ3) is 7.32. The number of carbonyl (C=O) groups excluding carboxylic acids is 4. The highest BCUT2D eigenvalue weighted by molar-refractivity contribution is 5.99. The van der Waals surface area contributed by atoms with Crippen LogP contribution < -0.4 is 5.32 Å². The van der Waals surface area contributed by atoms with E-state index >= 15 is 0 Å². The molecule has 2 fully saturated rings. The minimum atomic E-state index is -1.37. The molecule has 1 spiro atoms. The number of likely N-dealkylation sites (tertiary alicyclic amines) is 1. The van der Waals surface area contributed by atoms with Gasteiger partial charge in [-0.05, 0) is 37.7 Å². The molecule has 0 saturated carbocycles. The Balaban J connectivity index is 1.55. The summed E-state index contributed by atoms with van der Waals surface area (Å²) >= 11 is 0. The van der Waals surface area contributed by atoms with E-state index in [2.05, 4.69) is 12.2 Å². The fourth-order valence-electron chi connectivity index (χ4n) is 7.50. The summed E-state index contributed by atoms with van der Waals surface area (Å²) in [6, 6.07) is 7.56. The molecule has 11 nitrogen and oxygen atoms in total. The van der Waals surface area contributed by atoms with Gasteiger partial charge in [0.15, 0.2) is 0 Å². The van der Waals surface area contributed by atoms with Crippen molar-refractivity contribution in [2.75, 3.05) is 40.0 Å². The van der Waals surface area contributed by atoms with Gasteiger partial charge in [0.1, 0.15) is 23.7 Å². The highest BCUT2D eigenvalue weighted by Gasteiger charge is 2.71. The van der Waals surface area contributed by atoms with Crippen LogP contribution in [-0.4, -0.2) is 102 Å². The van der Waals surface area contributed by atoms with Gasteiger partial charge < -0.3 is 34.4 Å². The van der Waals surface area contributed by atoms with Crippen molar-refractivity contribution in [2.24, 2.45) is 11.8 Å². The molecule has 4 heterocycles. The number of unbranched alkanes of at least 4 members (excludes halogenated alkanes) is 4. The standard InChI is InChI=1S/C36H49N3O8/c1-3-4-11-20-38-21-14-19-36-30(33(42)39(32(36)34(38)43)22-12-6-13-23-40)29-27(47-36)17-9-10-18-28(41)37-26(24-45-2)31(46-35(29)44)25-15-7-5-8-16-25/h5,7-9,14-17,19,26-27,29-32,40H,3-4,6,10-13,18,20-24H2,1-2H3,(H,37,41)/b17-9-/t26-,27-,29+,30+,31-,32-,36+/m1/s1. The molecule has 11 heteroatoms. The number of hydrogen-bond acceptors (Lipinski definition) is 8. The normalized spacial score (nSPS) is 31.6. The first-order valence-corrected chi connectivity index (χ1v) is 17.1. The first kappa shape index (κ1) is 34.8. The van der Waals surface area contributed by atoms with Gasteiger partial charge in [0, 0.05) is 39.8 Å². The number of carbonyl (C=O) groups is 4. The summed E-state index contributed by atoms with van der Waals surface area (Å²) in [5, 5.41) is 12.3. The molecule has 1 aromatic rings. The summed E-state index contributed by atoms with van der Waals surface area (Å²) in [5.74, 6) is -3.35. The smallest absolute Gasteiger partial charge is 0.313 e. The first-order valence-electron chi connectivity index (χ1n) is 17.1. The molecule has 256 valence electrons.